The molecule has 1 unspecified atom stereocenters. The van der Waals surface area contributed by atoms with Gasteiger partial charge in [-0.3, -0.25) is 0 Å². The molecule has 2 heterocycles. The SMILES string of the molecule is CCC(Nc1nc(NCc2cc(OC)ccc2O)c2ncn(CC)c2n1)C(C)(C)O. The standard InChI is InChI=1S/C21H30N6O3/c1-6-16(21(3,4)29)24-20-25-18(17-19(26-20)27(7-2)12-23-17)22-11-13-10-14(30-5)8-9-15(13)28/h8-10,12,16,28-29H,6-7,11H2,1-5H3,(H2,22,24,25,26). The third-order valence-corrected chi connectivity index (χ3v) is 5.10. The molecule has 0 spiro atoms. The van der Waals surface area contributed by atoms with Crippen LogP contribution in [0.2, 0.25) is 0 Å². The minimum atomic E-state index is -0.932. The van der Waals surface area contributed by atoms with E-state index in [1.807, 2.05) is 18.4 Å². The van der Waals surface area contributed by atoms with Gasteiger partial charge >= 0.3 is 0 Å². The van der Waals surface area contributed by atoms with Crippen LogP contribution < -0.4 is 15.4 Å². The van der Waals surface area contributed by atoms with Gasteiger partial charge in [-0.25, -0.2) is 4.98 Å². The van der Waals surface area contributed by atoms with Gasteiger partial charge in [0.15, 0.2) is 17.0 Å². The first-order valence-corrected chi connectivity index (χ1v) is 10.1. The highest BCUT2D eigenvalue weighted by Gasteiger charge is 2.26. The number of benzene rings is 1. The summed E-state index contributed by atoms with van der Waals surface area (Å²) in [5, 5.41) is 27.1. The summed E-state index contributed by atoms with van der Waals surface area (Å²) in [4.78, 5) is 13.7. The lowest BCUT2D eigenvalue weighted by atomic mass is 9.97. The quantitative estimate of drug-likeness (QED) is 0.422. The number of aliphatic hydroxyl groups is 1. The second-order valence-electron chi connectivity index (χ2n) is 7.71. The Morgan fingerprint density at radius 1 is 1.23 bits per heavy atom. The third kappa shape index (κ3) is 4.56. The molecule has 0 saturated heterocycles. The van der Waals surface area contributed by atoms with E-state index >= 15 is 0 Å². The Labute approximate surface area is 176 Å². The van der Waals surface area contributed by atoms with Crippen molar-refractivity contribution in [2.24, 2.45) is 0 Å². The summed E-state index contributed by atoms with van der Waals surface area (Å²) in [7, 11) is 1.58. The number of nitrogens with one attached hydrogen (secondary N) is 2. The van der Waals surface area contributed by atoms with E-state index in [0.29, 0.717) is 53.8 Å². The number of aryl methyl sites for hydroxylation is 1. The number of rotatable bonds is 9. The molecule has 0 saturated carbocycles. The van der Waals surface area contributed by atoms with E-state index in [1.165, 1.54) is 0 Å². The van der Waals surface area contributed by atoms with Crippen LogP contribution in [0.25, 0.3) is 11.2 Å². The van der Waals surface area contributed by atoms with Crippen molar-refractivity contribution in [3.63, 3.8) is 0 Å². The molecule has 2 aromatic heterocycles. The number of fused-ring (bicyclic) bond motifs is 1. The van der Waals surface area contributed by atoms with E-state index in [2.05, 4.69) is 25.6 Å². The Morgan fingerprint density at radius 2 is 2.00 bits per heavy atom. The number of aromatic nitrogens is 4. The molecule has 0 bridgehead atoms. The lowest BCUT2D eigenvalue weighted by molar-refractivity contribution is 0.0577. The normalized spacial score (nSPS) is 12.7. The zero-order chi connectivity index (χ0) is 21.9. The van der Waals surface area contributed by atoms with E-state index in [1.54, 1.807) is 45.5 Å². The molecule has 0 radical (unpaired) electrons. The van der Waals surface area contributed by atoms with Gasteiger partial charge in [-0.05, 0) is 45.4 Å². The number of nitrogens with zero attached hydrogens (tertiary/aromatic N) is 4. The molecule has 0 aliphatic heterocycles. The zero-order valence-electron chi connectivity index (χ0n) is 18.1. The Balaban J connectivity index is 1.96. The number of imidazole rings is 1. The maximum Gasteiger partial charge on any atom is 0.227 e. The topological polar surface area (TPSA) is 117 Å². The minimum Gasteiger partial charge on any atom is -0.508 e. The number of methoxy groups -OCH3 is 1. The van der Waals surface area contributed by atoms with Crippen LogP contribution in [0.15, 0.2) is 24.5 Å². The van der Waals surface area contributed by atoms with Crippen LogP contribution in [0.1, 0.15) is 39.7 Å². The van der Waals surface area contributed by atoms with E-state index in [-0.39, 0.29) is 11.8 Å². The third-order valence-electron chi connectivity index (χ3n) is 5.10. The highest BCUT2D eigenvalue weighted by molar-refractivity contribution is 5.84. The number of phenols is 1. The lowest BCUT2D eigenvalue weighted by Gasteiger charge is -2.29. The van der Waals surface area contributed by atoms with Crippen molar-refractivity contribution in [1.29, 1.82) is 0 Å². The van der Waals surface area contributed by atoms with Gasteiger partial charge in [0, 0.05) is 18.7 Å². The van der Waals surface area contributed by atoms with Crippen LogP contribution in [-0.4, -0.2) is 48.5 Å². The summed E-state index contributed by atoms with van der Waals surface area (Å²) in [6.07, 6.45) is 2.43. The van der Waals surface area contributed by atoms with Gasteiger partial charge in [-0.15, -0.1) is 0 Å². The molecule has 9 heteroatoms. The average molecular weight is 415 g/mol. The molecule has 0 fully saturated rings. The van der Waals surface area contributed by atoms with Crippen molar-refractivity contribution < 1.29 is 14.9 Å². The molecule has 9 nitrogen and oxygen atoms in total. The van der Waals surface area contributed by atoms with Crippen LogP contribution >= 0.6 is 0 Å². The second-order valence-corrected chi connectivity index (χ2v) is 7.71. The predicted molar refractivity (Wildman–Crippen MR) is 117 cm³/mol. The highest BCUT2D eigenvalue weighted by atomic mass is 16.5. The first kappa shape index (κ1) is 21.6. The molecule has 0 amide bonds. The number of hydrogen-bond acceptors (Lipinski definition) is 8. The van der Waals surface area contributed by atoms with Gasteiger partial charge in [-0.2, -0.15) is 9.97 Å². The van der Waals surface area contributed by atoms with Gasteiger partial charge < -0.3 is 30.2 Å². The van der Waals surface area contributed by atoms with Crippen LogP contribution in [0, 0.1) is 0 Å². The van der Waals surface area contributed by atoms with Gasteiger partial charge in [0.25, 0.3) is 0 Å². The summed E-state index contributed by atoms with van der Waals surface area (Å²) >= 11 is 0. The molecule has 30 heavy (non-hydrogen) atoms. The van der Waals surface area contributed by atoms with Crippen molar-refractivity contribution in [1.82, 2.24) is 19.5 Å². The molecule has 3 rings (SSSR count). The molecular weight excluding hydrogens is 384 g/mol. The Kier molecular flexibility index (Phi) is 6.31. The molecule has 1 aromatic carbocycles. The number of ether oxygens (including phenoxy) is 1. The molecule has 0 aliphatic carbocycles. The number of anilines is 2. The molecule has 0 aliphatic rings. The molecule has 4 N–H and O–H groups in total. The number of hydrogen-bond donors (Lipinski definition) is 4. The fourth-order valence-corrected chi connectivity index (χ4v) is 3.31. The monoisotopic (exact) mass is 414 g/mol. The van der Waals surface area contributed by atoms with Gasteiger partial charge in [0.2, 0.25) is 5.95 Å². The van der Waals surface area contributed by atoms with Gasteiger partial charge in [-0.1, -0.05) is 6.92 Å². The van der Waals surface area contributed by atoms with Crippen molar-refractivity contribution in [2.75, 3.05) is 17.7 Å². The smallest absolute Gasteiger partial charge is 0.227 e. The van der Waals surface area contributed by atoms with E-state index in [9.17, 15) is 10.2 Å². The Bertz CT molecular complexity index is 1010. The average Bonchev–Trinajstić information content (AvgIpc) is 3.13. The van der Waals surface area contributed by atoms with Crippen molar-refractivity contribution in [3.05, 3.63) is 30.1 Å². The van der Waals surface area contributed by atoms with Crippen molar-refractivity contribution in [2.45, 2.75) is 58.8 Å². The summed E-state index contributed by atoms with van der Waals surface area (Å²) < 4.78 is 7.18. The molecular formula is C21H30N6O3. The van der Waals surface area contributed by atoms with E-state index in [4.69, 9.17) is 4.74 Å². The zero-order valence-corrected chi connectivity index (χ0v) is 18.1. The molecule has 3 aromatic rings. The van der Waals surface area contributed by atoms with E-state index in [0.717, 1.165) is 0 Å². The van der Waals surface area contributed by atoms with Gasteiger partial charge in [0.05, 0.1) is 25.1 Å². The van der Waals surface area contributed by atoms with Crippen LogP contribution in [-0.2, 0) is 13.1 Å². The fraction of sp³-hybridized carbons (Fsp3) is 0.476. The molecule has 1 atom stereocenters. The van der Waals surface area contributed by atoms with Crippen molar-refractivity contribution in [3.8, 4) is 11.5 Å². The summed E-state index contributed by atoms with van der Waals surface area (Å²) in [5.41, 5.74) is 1.07. The summed E-state index contributed by atoms with van der Waals surface area (Å²) in [6, 6.07) is 4.85. The van der Waals surface area contributed by atoms with E-state index < -0.39 is 5.60 Å². The van der Waals surface area contributed by atoms with Gasteiger partial charge in [0.1, 0.15) is 11.5 Å². The van der Waals surface area contributed by atoms with Crippen LogP contribution in [0.3, 0.4) is 0 Å². The summed E-state index contributed by atoms with van der Waals surface area (Å²) in [6.45, 7) is 8.57. The maximum atomic E-state index is 10.4. The minimum absolute atomic E-state index is 0.166. The summed E-state index contributed by atoms with van der Waals surface area (Å²) in [5.74, 6) is 1.77. The van der Waals surface area contributed by atoms with Crippen molar-refractivity contribution >= 4 is 22.9 Å². The Hall–Kier alpha value is -3.07. The lowest BCUT2D eigenvalue weighted by Crippen LogP contribution is -2.41. The Morgan fingerprint density at radius 3 is 2.63 bits per heavy atom. The predicted octanol–water partition coefficient (Wildman–Crippen LogP) is 3.13. The van der Waals surface area contributed by atoms with Crippen LogP contribution in [0.4, 0.5) is 11.8 Å². The molecule has 162 valence electrons. The first-order valence-electron chi connectivity index (χ1n) is 10.1. The fourth-order valence-electron chi connectivity index (χ4n) is 3.31. The highest BCUT2D eigenvalue weighted by Crippen LogP contribution is 2.27. The van der Waals surface area contributed by atoms with Crippen LogP contribution in [0.5, 0.6) is 11.5 Å². The largest absolute Gasteiger partial charge is 0.508 e. The maximum absolute atomic E-state index is 10.4. The first-order chi connectivity index (χ1) is 14.3. The number of aromatic hydroxyl groups is 1. The number of phenolic OH excluding ortho intramolecular Hbond substituents is 1. The second kappa shape index (κ2) is 8.74.